The lowest BCUT2D eigenvalue weighted by atomic mass is 10.1. The zero-order chi connectivity index (χ0) is 19.8. The van der Waals surface area contributed by atoms with E-state index >= 15 is 0 Å². The minimum Gasteiger partial charge on any atom is -0.392 e. The summed E-state index contributed by atoms with van der Waals surface area (Å²) in [7, 11) is 0. The van der Waals surface area contributed by atoms with Gasteiger partial charge in [-0.3, -0.25) is 4.84 Å². The first-order valence-corrected chi connectivity index (χ1v) is 10.0. The Balaban J connectivity index is 2.00. The molecule has 4 N–H and O–H groups in total. The second-order valence-corrected chi connectivity index (χ2v) is 7.07. The third-order valence-electron chi connectivity index (χ3n) is 4.80. The Morgan fingerprint density at radius 1 is 1.21 bits per heavy atom. The number of nitrogens with one attached hydrogen (secondary N) is 1. The molecule has 0 fully saturated rings. The van der Waals surface area contributed by atoms with Gasteiger partial charge in [-0.2, -0.15) is 0 Å². The van der Waals surface area contributed by atoms with E-state index in [0.717, 1.165) is 53.8 Å². The third kappa shape index (κ3) is 5.24. The van der Waals surface area contributed by atoms with Gasteiger partial charge in [-0.15, -0.1) is 0 Å². The number of rotatable bonds is 8. The second kappa shape index (κ2) is 10.1. The highest BCUT2D eigenvalue weighted by Gasteiger charge is 2.08. The van der Waals surface area contributed by atoms with Crippen molar-refractivity contribution in [1.29, 1.82) is 0 Å². The normalized spacial score (nSPS) is 19.4. The number of aliphatic hydroxyl groups excluding tert-OH is 1. The van der Waals surface area contributed by atoms with Crippen LogP contribution in [0.15, 0.2) is 41.5 Å². The monoisotopic (exact) mass is 382 g/mol. The zero-order valence-electron chi connectivity index (χ0n) is 16.5. The van der Waals surface area contributed by atoms with E-state index in [9.17, 15) is 5.11 Å². The zero-order valence-corrected chi connectivity index (χ0v) is 16.5. The van der Waals surface area contributed by atoms with Crippen LogP contribution < -0.4 is 21.8 Å². The number of amidine groups is 1. The molecule has 2 aromatic rings. The van der Waals surface area contributed by atoms with Gasteiger partial charge in [0.15, 0.2) is 5.82 Å². The van der Waals surface area contributed by atoms with E-state index in [1.807, 2.05) is 24.3 Å². The number of aliphatic imine (C=N–C) groups is 1. The van der Waals surface area contributed by atoms with Gasteiger partial charge in [-0.25, -0.2) is 10.5 Å². The molecule has 0 amide bonds. The molecule has 3 rings (SSSR count). The largest absolute Gasteiger partial charge is 0.392 e. The molecule has 0 aliphatic carbocycles. The highest BCUT2D eigenvalue weighted by atomic mass is 16.6. The Labute approximate surface area is 166 Å². The predicted molar refractivity (Wildman–Crippen MR) is 112 cm³/mol. The molecule has 0 bridgehead atoms. The molecule has 28 heavy (non-hydrogen) atoms. The summed E-state index contributed by atoms with van der Waals surface area (Å²) in [5.41, 5.74) is 11.2. The molecule has 0 spiro atoms. The molecule has 1 aromatic carbocycles. The van der Waals surface area contributed by atoms with Gasteiger partial charge in [0.1, 0.15) is 5.84 Å². The molecule has 2 heterocycles. The Morgan fingerprint density at radius 3 is 2.75 bits per heavy atom. The fourth-order valence-electron chi connectivity index (χ4n) is 3.21. The summed E-state index contributed by atoms with van der Waals surface area (Å²) in [6.07, 6.45) is 9.07. The van der Waals surface area contributed by atoms with Crippen molar-refractivity contribution >= 4 is 17.7 Å². The minimum atomic E-state index is 0.0547. The van der Waals surface area contributed by atoms with Crippen molar-refractivity contribution < 1.29 is 9.94 Å². The highest BCUT2D eigenvalue weighted by molar-refractivity contribution is 5.83. The Hall–Kier alpha value is -2.57. The first-order chi connectivity index (χ1) is 13.7. The third-order valence-corrected chi connectivity index (χ3v) is 4.80. The lowest BCUT2D eigenvalue weighted by Crippen LogP contribution is -2.36. The van der Waals surface area contributed by atoms with E-state index in [2.05, 4.69) is 40.3 Å². The van der Waals surface area contributed by atoms with E-state index in [0.29, 0.717) is 24.8 Å². The fourth-order valence-corrected chi connectivity index (χ4v) is 3.21. The quantitative estimate of drug-likeness (QED) is 0.480. The maximum absolute atomic E-state index is 9.25. The molecule has 6 heteroatoms. The highest BCUT2D eigenvalue weighted by Crippen LogP contribution is 2.07. The number of aromatic nitrogens is 1. The van der Waals surface area contributed by atoms with Gasteiger partial charge < -0.3 is 15.4 Å². The number of benzene rings is 1. The van der Waals surface area contributed by atoms with Gasteiger partial charge in [0.25, 0.3) is 0 Å². The van der Waals surface area contributed by atoms with Crippen LogP contribution in [0.2, 0.25) is 0 Å². The van der Waals surface area contributed by atoms with Crippen molar-refractivity contribution in [2.24, 2.45) is 10.7 Å². The van der Waals surface area contributed by atoms with Gasteiger partial charge in [-0.05, 0) is 41.7 Å². The summed E-state index contributed by atoms with van der Waals surface area (Å²) in [5.74, 6) is 1.27. The molecule has 0 saturated carbocycles. The van der Waals surface area contributed by atoms with E-state index in [1.54, 1.807) is 0 Å². The number of nitrogens with zero attached hydrogens (tertiary/aromatic N) is 2. The summed E-state index contributed by atoms with van der Waals surface area (Å²) < 4.78 is 2.16. The number of hydrogen-bond donors (Lipinski definition) is 3. The molecule has 1 aliphatic heterocycles. The van der Waals surface area contributed by atoms with Crippen LogP contribution in [-0.4, -0.2) is 22.1 Å². The molecule has 0 saturated heterocycles. The summed E-state index contributed by atoms with van der Waals surface area (Å²) in [6.45, 7) is 3.51. The SMILES string of the molecule is CCCCONC1=c2/c(ccn2Cc2ccc(CO)cc2)=C\CCC/C(N)=N\1. The molecule has 1 aliphatic rings. The van der Waals surface area contributed by atoms with Crippen molar-refractivity contribution in [3.8, 4) is 0 Å². The Morgan fingerprint density at radius 2 is 2.00 bits per heavy atom. The van der Waals surface area contributed by atoms with E-state index in [4.69, 9.17) is 10.6 Å². The number of hydrogen-bond acceptors (Lipinski definition) is 5. The molecule has 0 atom stereocenters. The van der Waals surface area contributed by atoms with Crippen LogP contribution in [-0.2, 0) is 18.0 Å². The van der Waals surface area contributed by atoms with Crippen LogP contribution in [0.5, 0.6) is 0 Å². The van der Waals surface area contributed by atoms with Gasteiger partial charge >= 0.3 is 0 Å². The molecule has 0 radical (unpaired) electrons. The maximum Gasteiger partial charge on any atom is 0.176 e. The number of nitrogens with two attached hydrogens (primary N) is 1. The first kappa shape index (κ1) is 20.2. The number of fused-ring (bicyclic) bond motifs is 1. The minimum absolute atomic E-state index is 0.0547. The Bertz CT molecular complexity index is 913. The van der Waals surface area contributed by atoms with E-state index < -0.39 is 0 Å². The average Bonchev–Trinajstić information content (AvgIpc) is 3.12. The van der Waals surface area contributed by atoms with Crippen molar-refractivity contribution in [2.75, 3.05) is 6.61 Å². The second-order valence-electron chi connectivity index (χ2n) is 7.07. The van der Waals surface area contributed by atoms with E-state index in [-0.39, 0.29) is 6.61 Å². The number of aliphatic hydroxyl groups is 1. The Kier molecular flexibility index (Phi) is 7.28. The van der Waals surface area contributed by atoms with Crippen molar-refractivity contribution in [2.45, 2.75) is 52.2 Å². The van der Waals surface area contributed by atoms with Crippen LogP contribution in [0.4, 0.5) is 0 Å². The van der Waals surface area contributed by atoms with Crippen LogP contribution in [0.25, 0.3) is 11.9 Å². The smallest absolute Gasteiger partial charge is 0.176 e. The molecule has 1 aromatic heterocycles. The van der Waals surface area contributed by atoms with Gasteiger partial charge in [0, 0.05) is 19.2 Å². The topological polar surface area (TPSA) is 84.8 Å². The lowest BCUT2D eigenvalue weighted by Gasteiger charge is -2.11. The van der Waals surface area contributed by atoms with Gasteiger partial charge in [0.2, 0.25) is 0 Å². The van der Waals surface area contributed by atoms with Crippen molar-refractivity contribution in [3.05, 3.63) is 58.2 Å². The number of hydroxylamine groups is 1. The van der Waals surface area contributed by atoms with Crippen LogP contribution in [0, 0.1) is 0 Å². The van der Waals surface area contributed by atoms with Crippen LogP contribution in [0.1, 0.15) is 50.2 Å². The van der Waals surface area contributed by atoms with Crippen LogP contribution >= 0.6 is 0 Å². The van der Waals surface area contributed by atoms with E-state index in [1.165, 1.54) is 0 Å². The van der Waals surface area contributed by atoms with Gasteiger partial charge in [-0.1, -0.05) is 43.7 Å². The predicted octanol–water partition coefficient (Wildman–Crippen LogP) is 1.74. The molecular weight excluding hydrogens is 352 g/mol. The fraction of sp³-hybridized carbons (Fsp3) is 0.409. The first-order valence-electron chi connectivity index (χ1n) is 10.0. The summed E-state index contributed by atoms with van der Waals surface area (Å²) in [5, 5.41) is 11.4. The van der Waals surface area contributed by atoms with Crippen molar-refractivity contribution in [1.82, 2.24) is 10.0 Å². The molecule has 150 valence electrons. The van der Waals surface area contributed by atoms with Crippen LogP contribution in [0.3, 0.4) is 0 Å². The molecule has 0 unspecified atom stereocenters. The maximum atomic E-state index is 9.25. The lowest BCUT2D eigenvalue weighted by molar-refractivity contribution is 0.0738. The standard InChI is InChI=1S/C22H30N4O2/c1-2-3-14-28-25-22-21-19(6-4-5-7-20(23)24-22)12-13-26(21)15-17-8-10-18(16-27)11-9-17/h6,8-13,25,27H,2-5,7,14-16H2,1H3,(H2,23,24)/b19-6-,22-21-. The molecular formula is C22H30N4O2. The van der Waals surface area contributed by atoms with Crippen molar-refractivity contribution in [3.63, 3.8) is 0 Å². The van der Waals surface area contributed by atoms with Gasteiger partial charge in [0.05, 0.1) is 18.6 Å². The summed E-state index contributed by atoms with van der Waals surface area (Å²) in [4.78, 5) is 10.3. The summed E-state index contributed by atoms with van der Waals surface area (Å²) >= 11 is 0. The molecule has 6 nitrogen and oxygen atoms in total. The average molecular weight is 383 g/mol. The summed E-state index contributed by atoms with van der Waals surface area (Å²) in [6, 6.07) is 10.1. The number of unbranched alkanes of at least 4 members (excludes halogenated alkanes) is 1.